The summed E-state index contributed by atoms with van der Waals surface area (Å²) in [5.41, 5.74) is 0. The fourth-order valence-electron chi connectivity index (χ4n) is 1.40. The number of hydrogen-bond donors (Lipinski definition) is 0. The number of hydrogen-bond acceptors (Lipinski definition) is 1. The molecule has 0 aromatic carbocycles. The number of rotatable bonds is 7. The highest BCUT2D eigenvalue weighted by molar-refractivity contribution is 6.69. The Morgan fingerprint density at radius 1 is 1.33 bits per heavy atom. The Bertz CT molecular complexity index is 190. The van der Waals surface area contributed by atoms with Crippen molar-refractivity contribution in [3.8, 4) is 0 Å². The van der Waals surface area contributed by atoms with Crippen LogP contribution in [0.15, 0.2) is 12.7 Å². The van der Waals surface area contributed by atoms with Crippen molar-refractivity contribution in [3.63, 3.8) is 0 Å². The van der Waals surface area contributed by atoms with Crippen LogP contribution in [-0.2, 0) is 4.43 Å². The lowest BCUT2D eigenvalue weighted by molar-refractivity contribution is 0.0533. The van der Waals surface area contributed by atoms with Crippen LogP contribution in [-0.4, -0.2) is 20.8 Å². The van der Waals surface area contributed by atoms with Crippen molar-refractivity contribution in [3.05, 3.63) is 12.7 Å². The molecule has 15 heavy (non-hydrogen) atoms. The first-order valence-electron chi connectivity index (χ1n) is 5.33. The lowest BCUT2D eigenvalue weighted by Gasteiger charge is -2.27. The minimum absolute atomic E-state index is 0.0989. The average molecular weight is 236 g/mol. The van der Waals surface area contributed by atoms with Crippen LogP contribution in [0.25, 0.3) is 0 Å². The van der Waals surface area contributed by atoms with E-state index in [-0.39, 0.29) is 6.10 Å². The van der Waals surface area contributed by atoms with Gasteiger partial charge in [-0.25, -0.2) is 8.78 Å². The van der Waals surface area contributed by atoms with Crippen LogP contribution in [0.3, 0.4) is 0 Å². The van der Waals surface area contributed by atoms with Crippen molar-refractivity contribution >= 4 is 8.32 Å². The zero-order valence-corrected chi connectivity index (χ0v) is 11.1. The van der Waals surface area contributed by atoms with Gasteiger partial charge in [0.2, 0.25) is 6.43 Å². The standard InChI is InChI=1S/C11H22F2OSi/c1-6-7-10(14-15(3,4)5)8-9(2)11(12)13/h6,9-11H,1,7-8H2,2-5H3. The van der Waals surface area contributed by atoms with E-state index < -0.39 is 20.7 Å². The molecule has 0 spiro atoms. The van der Waals surface area contributed by atoms with Gasteiger partial charge in [-0.15, -0.1) is 6.58 Å². The van der Waals surface area contributed by atoms with Gasteiger partial charge < -0.3 is 4.43 Å². The van der Waals surface area contributed by atoms with Crippen LogP contribution < -0.4 is 0 Å². The third-order valence-corrected chi connectivity index (χ3v) is 3.06. The molecular weight excluding hydrogens is 214 g/mol. The van der Waals surface area contributed by atoms with Gasteiger partial charge in [-0.1, -0.05) is 13.0 Å². The van der Waals surface area contributed by atoms with E-state index in [4.69, 9.17) is 4.43 Å². The fraction of sp³-hybridized carbons (Fsp3) is 0.818. The predicted molar refractivity (Wildman–Crippen MR) is 62.8 cm³/mol. The largest absolute Gasteiger partial charge is 0.414 e. The minimum Gasteiger partial charge on any atom is -0.414 e. The Morgan fingerprint density at radius 3 is 2.20 bits per heavy atom. The van der Waals surface area contributed by atoms with Gasteiger partial charge in [0.15, 0.2) is 8.32 Å². The minimum atomic E-state index is -2.26. The lowest BCUT2D eigenvalue weighted by atomic mass is 10.0. The van der Waals surface area contributed by atoms with E-state index in [0.29, 0.717) is 12.8 Å². The summed E-state index contributed by atoms with van der Waals surface area (Å²) in [6.45, 7) is 11.4. The Balaban J connectivity index is 4.21. The number of halogens is 2. The molecule has 0 aromatic rings. The molecule has 0 heterocycles. The molecule has 2 unspecified atom stereocenters. The molecule has 0 fully saturated rings. The molecule has 2 atom stereocenters. The molecule has 0 bridgehead atoms. The Morgan fingerprint density at radius 2 is 1.87 bits per heavy atom. The lowest BCUT2D eigenvalue weighted by Crippen LogP contribution is -2.33. The first-order chi connectivity index (χ1) is 6.76. The van der Waals surface area contributed by atoms with Crippen molar-refractivity contribution in [1.82, 2.24) is 0 Å². The normalized spacial score (nSPS) is 16.5. The van der Waals surface area contributed by atoms with E-state index >= 15 is 0 Å². The van der Waals surface area contributed by atoms with Crippen LogP contribution in [0.5, 0.6) is 0 Å². The van der Waals surface area contributed by atoms with Gasteiger partial charge in [0.05, 0.1) is 0 Å². The van der Waals surface area contributed by atoms with Gasteiger partial charge in [-0.05, 0) is 32.5 Å². The summed E-state index contributed by atoms with van der Waals surface area (Å²) in [4.78, 5) is 0. The van der Waals surface area contributed by atoms with Gasteiger partial charge in [-0.2, -0.15) is 0 Å². The van der Waals surface area contributed by atoms with Crippen LogP contribution in [0.2, 0.25) is 19.6 Å². The second kappa shape index (κ2) is 6.38. The van der Waals surface area contributed by atoms with Crippen molar-refractivity contribution in [1.29, 1.82) is 0 Å². The van der Waals surface area contributed by atoms with Crippen molar-refractivity contribution in [2.75, 3.05) is 0 Å². The van der Waals surface area contributed by atoms with Gasteiger partial charge in [0.25, 0.3) is 0 Å². The first kappa shape index (κ1) is 14.8. The summed E-state index contributed by atoms with van der Waals surface area (Å²) in [7, 11) is -1.65. The monoisotopic (exact) mass is 236 g/mol. The van der Waals surface area contributed by atoms with E-state index in [1.807, 2.05) is 0 Å². The topological polar surface area (TPSA) is 9.23 Å². The second-order valence-corrected chi connectivity index (χ2v) is 9.38. The van der Waals surface area contributed by atoms with Crippen molar-refractivity contribution < 1.29 is 13.2 Å². The molecule has 0 aromatic heterocycles. The highest BCUT2D eigenvalue weighted by Crippen LogP contribution is 2.21. The van der Waals surface area contributed by atoms with E-state index in [1.165, 1.54) is 0 Å². The zero-order chi connectivity index (χ0) is 12.1. The van der Waals surface area contributed by atoms with Gasteiger partial charge >= 0.3 is 0 Å². The zero-order valence-electron chi connectivity index (χ0n) is 10.1. The molecule has 4 heteroatoms. The Hall–Kier alpha value is -0.223. The summed E-state index contributed by atoms with van der Waals surface area (Å²) < 4.78 is 30.6. The molecule has 0 N–H and O–H groups in total. The second-order valence-electron chi connectivity index (χ2n) is 4.92. The van der Waals surface area contributed by atoms with Crippen LogP contribution >= 0.6 is 0 Å². The van der Waals surface area contributed by atoms with E-state index in [0.717, 1.165) is 0 Å². The van der Waals surface area contributed by atoms with Crippen LogP contribution in [0, 0.1) is 5.92 Å². The Labute approximate surface area is 92.6 Å². The third-order valence-electron chi connectivity index (χ3n) is 2.01. The first-order valence-corrected chi connectivity index (χ1v) is 8.74. The molecule has 1 nitrogen and oxygen atoms in total. The smallest absolute Gasteiger partial charge is 0.241 e. The fourth-order valence-corrected chi connectivity index (χ4v) is 2.59. The molecule has 0 amide bonds. The maximum atomic E-state index is 12.4. The molecule has 0 saturated carbocycles. The summed E-state index contributed by atoms with van der Waals surface area (Å²) in [5.74, 6) is -0.605. The SMILES string of the molecule is C=CCC(CC(C)C(F)F)O[Si](C)(C)C. The quantitative estimate of drug-likeness (QED) is 0.478. The van der Waals surface area contributed by atoms with Crippen molar-refractivity contribution in [2.45, 2.75) is 51.9 Å². The summed E-state index contributed by atoms with van der Waals surface area (Å²) in [5, 5.41) is 0. The van der Waals surface area contributed by atoms with E-state index in [2.05, 4.69) is 26.2 Å². The van der Waals surface area contributed by atoms with Gasteiger partial charge in [0.1, 0.15) is 0 Å². The molecule has 0 rings (SSSR count). The molecular formula is C11H22F2OSi. The highest BCUT2D eigenvalue weighted by atomic mass is 28.4. The van der Waals surface area contributed by atoms with Crippen LogP contribution in [0.4, 0.5) is 8.78 Å². The summed E-state index contributed by atoms with van der Waals surface area (Å²) >= 11 is 0. The Kier molecular flexibility index (Phi) is 6.28. The van der Waals surface area contributed by atoms with E-state index in [9.17, 15) is 8.78 Å². The molecule has 0 aliphatic carbocycles. The highest BCUT2D eigenvalue weighted by Gasteiger charge is 2.24. The van der Waals surface area contributed by atoms with Gasteiger partial charge in [-0.3, -0.25) is 0 Å². The maximum Gasteiger partial charge on any atom is 0.241 e. The summed E-state index contributed by atoms with van der Waals surface area (Å²) in [6, 6.07) is 0. The molecule has 0 aliphatic rings. The summed E-state index contributed by atoms with van der Waals surface area (Å²) in [6.07, 6.45) is 0.443. The number of alkyl halides is 2. The molecule has 0 aliphatic heterocycles. The third kappa shape index (κ3) is 7.68. The molecule has 0 radical (unpaired) electrons. The van der Waals surface area contributed by atoms with E-state index in [1.54, 1.807) is 13.0 Å². The maximum absolute atomic E-state index is 12.4. The van der Waals surface area contributed by atoms with Crippen LogP contribution in [0.1, 0.15) is 19.8 Å². The molecule has 90 valence electrons. The average Bonchev–Trinajstić information content (AvgIpc) is 2.00. The van der Waals surface area contributed by atoms with Crippen molar-refractivity contribution in [2.24, 2.45) is 5.92 Å². The van der Waals surface area contributed by atoms with Gasteiger partial charge in [0, 0.05) is 12.0 Å². The molecule has 0 saturated heterocycles. The predicted octanol–water partition coefficient (Wildman–Crippen LogP) is 4.07.